The van der Waals surface area contributed by atoms with Crippen molar-refractivity contribution in [3.63, 3.8) is 0 Å². The standard InChI is InChI=1S/C15H16N4O4S2/c1-4-11-18-19-15(23-11)24-7-10(20)17-13-9(6-16)8(3)12(25-13)14(21)22-5-2/h4-5,7H2,1-3H3,(H,17,20). The molecule has 132 valence electrons. The van der Waals surface area contributed by atoms with E-state index in [1.807, 2.05) is 13.0 Å². The lowest BCUT2D eigenvalue weighted by atomic mass is 10.2. The van der Waals surface area contributed by atoms with Crippen LogP contribution >= 0.6 is 23.1 Å². The summed E-state index contributed by atoms with van der Waals surface area (Å²) in [6.07, 6.45) is 0.621. The number of ether oxygens (including phenoxy) is 1. The number of carbonyl (C=O) groups excluding carboxylic acids is 2. The minimum atomic E-state index is -0.505. The summed E-state index contributed by atoms with van der Waals surface area (Å²) in [6, 6.07) is 2.01. The highest BCUT2D eigenvalue weighted by Crippen LogP contribution is 2.33. The Balaban J connectivity index is 2.05. The fourth-order valence-corrected chi connectivity index (χ4v) is 3.50. The second-order valence-corrected chi connectivity index (χ2v) is 6.69. The molecule has 0 radical (unpaired) electrons. The lowest BCUT2D eigenvalue weighted by Gasteiger charge is -2.01. The molecule has 0 bridgehead atoms. The zero-order valence-corrected chi connectivity index (χ0v) is 15.5. The fourth-order valence-electron chi connectivity index (χ4n) is 1.86. The van der Waals surface area contributed by atoms with Crippen molar-refractivity contribution >= 4 is 40.0 Å². The molecule has 0 aliphatic carbocycles. The van der Waals surface area contributed by atoms with Crippen LogP contribution in [0.15, 0.2) is 9.64 Å². The van der Waals surface area contributed by atoms with Gasteiger partial charge in [-0.25, -0.2) is 4.79 Å². The van der Waals surface area contributed by atoms with Crippen molar-refractivity contribution in [3.05, 3.63) is 21.9 Å². The first-order valence-corrected chi connectivity index (χ1v) is 9.25. The van der Waals surface area contributed by atoms with Crippen molar-refractivity contribution in [1.29, 1.82) is 5.26 Å². The highest BCUT2D eigenvalue weighted by Gasteiger charge is 2.22. The average Bonchev–Trinajstić information content (AvgIpc) is 3.17. The first-order valence-electron chi connectivity index (χ1n) is 7.45. The molecule has 2 heterocycles. The second-order valence-electron chi connectivity index (χ2n) is 4.74. The van der Waals surface area contributed by atoms with Crippen LogP contribution in [0.2, 0.25) is 0 Å². The third kappa shape index (κ3) is 4.58. The molecule has 2 aromatic rings. The second kappa shape index (κ2) is 8.64. The van der Waals surface area contributed by atoms with Crippen molar-refractivity contribution in [2.75, 3.05) is 17.7 Å². The Labute approximate surface area is 152 Å². The maximum atomic E-state index is 12.1. The van der Waals surface area contributed by atoms with Crippen LogP contribution in [0, 0.1) is 18.3 Å². The van der Waals surface area contributed by atoms with Gasteiger partial charge >= 0.3 is 5.97 Å². The SMILES string of the molecule is CCOC(=O)c1sc(NC(=O)CSc2nnc(CC)o2)c(C#N)c1C. The summed E-state index contributed by atoms with van der Waals surface area (Å²) in [7, 11) is 0. The largest absolute Gasteiger partial charge is 0.462 e. The molecule has 0 fully saturated rings. The summed E-state index contributed by atoms with van der Waals surface area (Å²) in [4.78, 5) is 24.3. The van der Waals surface area contributed by atoms with E-state index in [1.54, 1.807) is 13.8 Å². The number of hydrogen-bond donors (Lipinski definition) is 1. The molecule has 0 unspecified atom stereocenters. The van der Waals surface area contributed by atoms with E-state index in [-0.39, 0.29) is 23.8 Å². The third-order valence-electron chi connectivity index (χ3n) is 3.05. The molecule has 0 saturated heterocycles. The molecule has 0 spiro atoms. The number of anilines is 1. The number of rotatable bonds is 7. The van der Waals surface area contributed by atoms with Crippen LogP contribution < -0.4 is 5.32 Å². The summed E-state index contributed by atoms with van der Waals surface area (Å²) < 4.78 is 10.3. The fraction of sp³-hybridized carbons (Fsp3) is 0.400. The lowest BCUT2D eigenvalue weighted by molar-refractivity contribution is -0.113. The Morgan fingerprint density at radius 1 is 1.40 bits per heavy atom. The van der Waals surface area contributed by atoms with Crippen LogP contribution in [0.25, 0.3) is 0 Å². The maximum absolute atomic E-state index is 12.1. The van der Waals surface area contributed by atoms with Crippen LogP contribution in [0.5, 0.6) is 0 Å². The van der Waals surface area contributed by atoms with Gasteiger partial charge in [0, 0.05) is 6.42 Å². The number of thiophene rings is 1. The Morgan fingerprint density at radius 3 is 2.76 bits per heavy atom. The molecule has 25 heavy (non-hydrogen) atoms. The van der Waals surface area contributed by atoms with Gasteiger partial charge in [0.15, 0.2) is 0 Å². The first kappa shape index (κ1) is 19.0. The molecule has 10 heteroatoms. The minimum Gasteiger partial charge on any atom is -0.462 e. The summed E-state index contributed by atoms with van der Waals surface area (Å²) in [5.41, 5.74) is 0.760. The average molecular weight is 380 g/mol. The van der Waals surface area contributed by atoms with Gasteiger partial charge in [0.25, 0.3) is 5.22 Å². The molecule has 1 N–H and O–H groups in total. The Morgan fingerprint density at radius 2 is 2.16 bits per heavy atom. The first-order chi connectivity index (χ1) is 12.0. The smallest absolute Gasteiger partial charge is 0.348 e. The van der Waals surface area contributed by atoms with Gasteiger partial charge in [-0.1, -0.05) is 18.7 Å². The monoisotopic (exact) mass is 380 g/mol. The van der Waals surface area contributed by atoms with Crippen LogP contribution in [-0.4, -0.2) is 34.4 Å². The molecule has 0 aliphatic rings. The summed E-state index contributed by atoms with van der Waals surface area (Å²) in [5.74, 6) is -0.298. The van der Waals surface area contributed by atoms with Gasteiger partial charge in [-0.05, 0) is 19.4 Å². The Hall–Kier alpha value is -2.38. The van der Waals surface area contributed by atoms with Gasteiger partial charge in [-0.2, -0.15) is 5.26 Å². The summed E-state index contributed by atoms with van der Waals surface area (Å²) in [5, 5.41) is 20.2. The number of nitriles is 1. The van der Waals surface area contributed by atoms with Crippen molar-refractivity contribution in [2.24, 2.45) is 0 Å². The molecule has 0 aromatic carbocycles. The molecule has 0 aliphatic heterocycles. The summed E-state index contributed by atoms with van der Waals surface area (Å²) in [6.45, 7) is 5.47. The number of aryl methyl sites for hydroxylation is 1. The Kier molecular flexibility index (Phi) is 6.55. The van der Waals surface area contributed by atoms with Gasteiger partial charge in [0.1, 0.15) is 15.9 Å². The molecule has 8 nitrogen and oxygen atoms in total. The van der Waals surface area contributed by atoms with E-state index in [2.05, 4.69) is 15.5 Å². The van der Waals surface area contributed by atoms with E-state index in [0.717, 1.165) is 23.1 Å². The van der Waals surface area contributed by atoms with E-state index in [9.17, 15) is 14.9 Å². The normalized spacial score (nSPS) is 10.3. The number of nitrogens with zero attached hydrogens (tertiary/aromatic N) is 3. The van der Waals surface area contributed by atoms with Gasteiger partial charge in [-0.15, -0.1) is 21.5 Å². The number of esters is 1. The van der Waals surface area contributed by atoms with E-state index in [4.69, 9.17) is 9.15 Å². The highest BCUT2D eigenvalue weighted by molar-refractivity contribution is 7.99. The predicted molar refractivity (Wildman–Crippen MR) is 92.8 cm³/mol. The lowest BCUT2D eigenvalue weighted by Crippen LogP contribution is -2.13. The third-order valence-corrected chi connectivity index (χ3v) is 5.06. The molecule has 2 rings (SSSR count). The van der Waals surface area contributed by atoms with Crippen molar-refractivity contribution in [1.82, 2.24) is 10.2 Å². The highest BCUT2D eigenvalue weighted by atomic mass is 32.2. The van der Waals surface area contributed by atoms with Crippen LogP contribution in [0.3, 0.4) is 0 Å². The van der Waals surface area contributed by atoms with E-state index < -0.39 is 5.97 Å². The van der Waals surface area contributed by atoms with Gasteiger partial charge in [0.05, 0.1) is 17.9 Å². The maximum Gasteiger partial charge on any atom is 0.348 e. The predicted octanol–water partition coefficient (Wildman–Crippen LogP) is 2.78. The van der Waals surface area contributed by atoms with E-state index in [0.29, 0.717) is 33.0 Å². The zero-order chi connectivity index (χ0) is 18.4. The van der Waals surface area contributed by atoms with Gasteiger partial charge < -0.3 is 14.5 Å². The van der Waals surface area contributed by atoms with Crippen molar-refractivity contribution < 1.29 is 18.7 Å². The number of thioether (sulfide) groups is 1. The number of hydrogen-bond acceptors (Lipinski definition) is 9. The van der Waals surface area contributed by atoms with Crippen LogP contribution in [0.4, 0.5) is 5.00 Å². The van der Waals surface area contributed by atoms with Gasteiger partial charge in [0.2, 0.25) is 11.8 Å². The minimum absolute atomic E-state index is 0.0436. The molecule has 0 atom stereocenters. The molecule has 2 aromatic heterocycles. The number of aromatic nitrogens is 2. The molecular formula is C15H16N4O4S2. The number of carbonyl (C=O) groups is 2. The van der Waals surface area contributed by atoms with Crippen LogP contribution in [-0.2, 0) is 16.0 Å². The van der Waals surface area contributed by atoms with Crippen molar-refractivity contribution in [3.8, 4) is 6.07 Å². The van der Waals surface area contributed by atoms with E-state index >= 15 is 0 Å². The molecular weight excluding hydrogens is 364 g/mol. The Bertz CT molecular complexity index is 822. The summed E-state index contributed by atoms with van der Waals surface area (Å²) >= 11 is 2.13. The molecule has 0 saturated carbocycles. The van der Waals surface area contributed by atoms with Crippen molar-refractivity contribution in [2.45, 2.75) is 32.4 Å². The zero-order valence-electron chi connectivity index (χ0n) is 13.9. The number of amides is 1. The van der Waals surface area contributed by atoms with Crippen LogP contribution in [0.1, 0.15) is 40.5 Å². The van der Waals surface area contributed by atoms with E-state index in [1.165, 1.54) is 0 Å². The van der Waals surface area contributed by atoms with Gasteiger partial charge in [-0.3, -0.25) is 4.79 Å². The quantitative estimate of drug-likeness (QED) is 0.575. The molecule has 1 amide bonds. The number of nitrogens with one attached hydrogen (secondary N) is 1. The topological polar surface area (TPSA) is 118 Å².